The van der Waals surface area contributed by atoms with Crippen molar-refractivity contribution in [2.75, 3.05) is 19.0 Å². The Morgan fingerprint density at radius 2 is 2.20 bits per heavy atom. The maximum absolute atomic E-state index is 11.7. The van der Waals surface area contributed by atoms with E-state index in [4.69, 9.17) is 9.47 Å². The molecule has 0 N–H and O–H groups in total. The Bertz CT molecular complexity index is 649. The van der Waals surface area contributed by atoms with Crippen molar-refractivity contribution in [3.63, 3.8) is 0 Å². The predicted octanol–water partition coefficient (Wildman–Crippen LogP) is 2.53. The molecule has 134 valence electrons. The Labute approximate surface area is 150 Å². The summed E-state index contributed by atoms with van der Waals surface area (Å²) in [4.78, 5) is 35.9. The zero-order chi connectivity index (χ0) is 17.9. The molecule has 1 aliphatic heterocycles. The molecule has 1 aromatic rings. The Morgan fingerprint density at radius 1 is 1.32 bits per heavy atom. The van der Waals surface area contributed by atoms with Gasteiger partial charge in [0.05, 0.1) is 30.7 Å². The fourth-order valence-electron chi connectivity index (χ4n) is 2.09. The van der Waals surface area contributed by atoms with Gasteiger partial charge in [-0.3, -0.25) is 14.6 Å². The van der Waals surface area contributed by atoms with Gasteiger partial charge in [0.1, 0.15) is 0 Å². The number of ether oxygens (including phenoxy) is 2. The third kappa shape index (κ3) is 7.04. The number of dihydropyridines is 1. The summed E-state index contributed by atoms with van der Waals surface area (Å²) >= 11 is 1.22. The minimum absolute atomic E-state index is 0.00202. The van der Waals surface area contributed by atoms with E-state index in [9.17, 15) is 9.59 Å². The fraction of sp³-hybridized carbons (Fsp3) is 0.471. The number of rotatable bonds is 9. The van der Waals surface area contributed by atoms with Crippen LogP contribution < -0.4 is 0 Å². The van der Waals surface area contributed by atoms with Gasteiger partial charge in [0.2, 0.25) is 0 Å². The number of esters is 2. The summed E-state index contributed by atoms with van der Waals surface area (Å²) in [5.74, 6) is -0.517. The summed E-state index contributed by atoms with van der Waals surface area (Å²) in [6.07, 6.45) is 8.88. The van der Waals surface area contributed by atoms with E-state index >= 15 is 0 Å². The van der Waals surface area contributed by atoms with Gasteiger partial charge in [-0.15, -0.1) is 0 Å². The van der Waals surface area contributed by atoms with Crippen molar-refractivity contribution in [1.82, 2.24) is 9.97 Å². The van der Waals surface area contributed by atoms with Crippen LogP contribution in [0.4, 0.5) is 0 Å². The molecule has 0 radical (unpaired) electrons. The number of nitrogens with zero attached hydrogens (tertiary/aromatic N) is 3. The summed E-state index contributed by atoms with van der Waals surface area (Å²) in [5, 5.41) is 0.519. The highest BCUT2D eigenvalue weighted by atomic mass is 32.2. The molecule has 0 fully saturated rings. The Balaban J connectivity index is 1.70. The van der Waals surface area contributed by atoms with Crippen molar-refractivity contribution in [2.45, 2.75) is 37.4 Å². The van der Waals surface area contributed by atoms with Crippen molar-refractivity contribution in [3.8, 4) is 0 Å². The Morgan fingerprint density at radius 3 is 2.96 bits per heavy atom. The Hall–Kier alpha value is -2.22. The molecule has 7 nitrogen and oxygen atoms in total. The summed E-state index contributed by atoms with van der Waals surface area (Å²) in [5.41, 5.74) is 0.834. The molecular weight excluding hydrogens is 342 g/mol. The monoisotopic (exact) mass is 363 g/mol. The first kappa shape index (κ1) is 19.1. The van der Waals surface area contributed by atoms with Gasteiger partial charge in [0.25, 0.3) is 0 Å². The smallest absolute Gasteiger partial charge is 0.316 e. The number of hydrogen-bond donors (Lipinski definition) is 0. The SMILES string of the molecule is CCOC(=O)CCCOC(=O)CSc1nccc(C2CC=CC=N2)n1. The normalized spacial score (nSPS) is 15.8. The molecule has 1 unspecified atom stereocenters. The van der Waals surface area contributed by atoms with Crippen LogP contribution in [0.15, 0.2) is 34.6 Å². The van der Waals surface area contributed by atoms with Crippen LogP contribution in [0.25, 0.3) is 0 Å². The first-order valence-electron chi connectivity index (χ1n) is 8.14. The average molecular weight is 363 g/mol. The standard InChI is InChI=1S/C17H21N3O4S/c1-2-23-15(21)7-5-11-24-16(22)12-25-17-19-10-8-14(20-17)13-6-3-4-9-18-13/h3-4,8-10,13H,2,5-7,11-12H2,1H3. The Kier molecular flexibility index (Phi) is 8.11. The molecule has 0 aliphatic carbocycles. The molecule has 0 spiro atoms. The molecule has 1 atom stereocenters. The third-order valence-corrected chi connectivity index (χ3v) is 4.09. The van der Waals surface area contributed by atoms with E-state index in [1.54, 1.807) is 19.3 Å². The second-order valence-corrected chi connectivity index (χ2v) is 6.10. The lowest BCUT2D eigenvalue weighted by molar-refractivity contribution is -0.146. The summed E-state index contributed by atoms with van der Waals surface area (Å²) in [7, 11) is 0. The molecule has 1 aliphatic rings. The van der Waals surface area contributed by atoms with E-state index in [1.165, 1.54) is 11.8 Å². The zero-order valence-corrected chi connectivity index (χ0v) is 14.9. The van der Waals surface area contributed by atoms with Gasteiger partial charge < -0.3 is 9.47 Å². The van der Waals surface area contributed by atoms with Gasteiger partial charge in [-0.2, -0.15) is 0 Å². The van der Waals surface area contributed by atoms with Gasteiger partial charge in [0, 0.05) is 18.8 Å². The van der Waals surface area contributed by atoms with Crippen LogP contribution in [-0.2, 0) is 19.1 Å². The van der Waals surface area contributed by atoms with Crippen molar-refractivity contribution >= 4 is 29.9 Å². The van der Waals surface area contributed by atoms with E-state index in [0.29, 0.717) is 18.2 Å². The average Bonchev–Trinajstić information content (AvgIpc) is 2.65. The van der Waals surface area contributed by atoms with E-state index < -0.39 is 0 Å². The van der Waals surface area contributed by atoms with Crippen LogP contribution >= 0.6 is 11.8 Å². The minimum Gasteiger partial charge on any atom is -0.466 e. The predicted molar refractivity (Wildman–Crippen MR) is 94.6 cm³/mol. The highest BCUT2D eigenvalue weighted by Crippen LogP contribution is 2.23. The lowest BCUT2D eigenvalue weighted by Crippen LogP contribution is -2.11. The molecule has 2 heterocycles. The first-order chi connectivity index (χ1) is 12.2. The highest BCUT2D eigenvalue weighted by molar-refractivity contribution is 7.99. The molecule has 25 heavy (non-hydrogen) atoms. The van der Waals surface area contributed by atoms with Crippen LogP contribution in [-0.4, -0.2) is 47.1 Å². The number of carbonyl (C=O) groups is 2. The molecule has 0 saturated carbocycles. The van der Waals surface area contributed by atoms with E-state index in [0.717, 1.165) is 12.1 Å². The van der Waals surface area contributed by atoms with Crippen molar-refractivity contribution in [1.29, 1.82) is 0 Å². The van der Waals surface area contributed by atoms with Gasteiger partial charge >= 0.3 is 11.9 Å². The van der Waals surface area contributed by atoms with Crippen molar-refractivity contribution in [3.05, 3.63) is 30.1 Å². The minimum atomic E-state index is -0.360. The highest BCUT2D eigenvalue weighted by Gasteiger charge is 2.13. The molecule has 0 saturated heterocycles. The van der Waals surface area contributed by atoms with E-state index in [1.807, 2.05) is 18.2 Å². The van der Waals surface area contributed by atoms with Gasteiger partial charge in [-0.1, -0.05) is 17.8 Å². The number of aliphatic imine (C=N–C) groups is 1. The van der Waals surface area contributed by atoms with Crippen LogP contribution in [0.1, 0.15) is 37.9 Å². The number of aromatic nitrogens is 2. The number of hydrogen-bond acceptors (Lipinski definition) is 8. The number of thioether (sulfide) groups is 1. The largest absolute Gasteiger partial charge is 0.466 e. The van der Waals surface area contributed by atoms with Crippen LogP contribution in [0.3, 0.4) is 0 Å². The van der Waals surface area contributed by atoms with Gasteiger partial charge in [0.15, 0.2) is 5.16 Å². The van der Waals surface area contributed by atoms with Crippen molar-refractivity contribution in [2.24, 2.45) is 4.99 Å². The number of carbonyl (C=O) groups excluding carboxylic acids is 2. The van der Waals surface area contributed by atoms with E-state index in [-0.39, 0.29) is 36.8 Å². The maximum atomic E-state index is 11.7. The second kappa shape index (κ2) is 10.6. The molecule has 1 aromatic heterocycles. The van der Waals surface area contributed by atoms with Gasteiger partial charge in [-0.25, -0.2) is 9.97 Å². The molecule has 2 rings (SSSR count). The molecule has 0 aromatic carbocycles. The summed E-state index contributed by atoms with van der Waals surface area (Å²) < 4.78 is 9.88. The second-order valence-electron chi connectivity index (χ2n) is 5.16. The van der Waals surface area contributed by atoms with Crippen molar-refractivity contribution < 1.29 is 19.1 Å². The zero-order valence-electron chi connectivity index (χ0n) is 14.1. The number of allylic oxidation sites excluding steroid dienone is 1. The fourth-order valence-corrected chi connectivity index (χ4v) is 2.73. The maximum Gasteiger partial charge on any atom is 0.316 e. The summed E-state index contributed by atoms with van der Waals surface area (Å²) in [6, 6.07) is 1.83. The summed E-state index contributed by atoms with van der Waals surface area (Å²) in [6.45, 7) is 2.31. The van der Waals surface area contributed by atoms with E-state index in [2.05, 4.69) is 15.0 Å². The first-order valence-corrected chi connectivity index (χ1v) is 9.13. The lowest BCUT2D eigenvalue weighted by Gasteiger charge is -2.12. The van der Waals surface area contributed by atoms with Crippen LogP contribution in [0, 0.1) is 0 Å². The third-order valence-electron chi connectivity index (χ3n) is 3.26. The molecule has 8 heteroatoms. The molecular formula is C17H21N3O4S. The molecule has 0 amide bonds. The molecule has 0 bridgehead atoms. The topological polar surface area (TPSA) is 90.7 Å². The van der Waals surface area contributed by atoms with Crippen LogP contribution in [0.5, 0.6) is 0 Å². The van der Waals surface area contributed by atoms with Gasteiger partial charge in [-0.05, 0) is 31.9 Å². The quantitative estimate of drug-likeness (QED) is 0.288. The lowest BCUT2D eigenvalue weighted by atomic mass is 10.1. The van der Waals surface area contributed by atoms with Crippen LogP contribution in [0.2, 0.25) is 0 Å².